The van der Waals surface area contributed by atoms with Crippen molar-refractivity contribution in [3.05, 3.63) is 41.6 Å². The SMILES string of the molecule is Cc1ccc2cc(CNC(C)CN(C)C)ccc2n1. The van der Waals surface area contributed by atoms with E-state index in [-0.39, 0.29) is 0 Å². The number of pyridine rings is 1. The highest BCUT2D eigenvalue weighted by Gasteiger charge is 2.03. The largest absolute Gasteiger partial charge is 0.309 e. The molecular formula is C16H23N3. The Balaban J connectivity index is 2.03. The van der Waals surface area contributed by atoms with Crippen LogP contribution in [0.5, 0.6) is 0 Å². The van der Waals surface area contributed by atoms with Crippen molar-refractivity contribution in [2.24, 2.45) is 0 Å². The molecule has 0 aliphatic heterocycles. The van der Waals surface area contributed by atoms with Gasteiger partial charge in [0.15, 0.2) is 0 Å². The van der Waals surface area contributed by atoms with Crippen molar-refractivity contribution in [3.8, 4) is 0 Å². The van der Waals surface area contributed by atoms with E-state index in [4.69, 9.17) is 0 Å². The molecule has 0 saturated heterocycles. The fraction of sp³-hybridized carbons (Fsp3) is 0.438. The lowest BCUT2D eigenvalue weighted by Crippen LogP contribution is -2.35. The number of aryl methyl sites for hydroxylation is 1. The highest BCUT2D eigenvalue weighted by Crippen LogP contribution is 2.14. The quantitative estimate of drug-likeness (QED) is 0.892. The Morgan fingerprint density at radius 3 is 2.74 bits per heavy atom. The van der Waals surface area contributed by atoms with Crippen molar-refractivity contribution >= 4 is 10.9 Å². The highest BCUT2D eigenvalue weighted by molar-refractivity contribution is 5.79. The van der Waals surface area contributed by atoms with Crippen molar-refractivity contribution in [1.29, 1.82) is 0 Å². The highest BCUT2D eigenvalue weighted by atomic mass is 15.1. The van der Waals surface area contributed by atoms with E-state index in [0.717, 1.165) is 24.3 Å². The first-order valence-electron chi connectivity index (χ1n) is 6.79. The van der Waals surface area contributed by atoms with Gasteiger partial charge >= 0.3 is 0 Å². The molecule has 0 saturated carbocycles. The molecule has 1 atom stereocenters. The van der Waals surface area contributed by atoms with Gasteiger partial charge in [0.1, 0.15) is 0 Å². The van der Waals surface area contributed by atoms with Gasteiger partial charge in [-0.15, -0.1) is 0 Å². The number of benzene rings is 1. The standard InChI is InChI=1S/C16H23N3/c1-12-5-7-15-9-14(6-8-16(15)18-12)10-17-13(2)11-19(3)4/h5-9,13,17H,10-11H2,1-4H3. The summed E-state index contributed by atoms with van der Waals surface area (Å²) in [6.07, 6.45) is 0. The minimum Gasteiger partial charge on any atom is -0.309 e. The second kappa shape index (κ2) is 6.13. The molecule has 0 radical (unpaired) electrons. The zero-order chi connectivity index (χ0) is 13.8. The second-order valence-corrected chi connectivity index (χ2v) is 5.52. The first kappa shape index (κ1) is 14.0. The number of hydrogen-bond acceptors (Lipinski definition) is 3. The number of hydrogen-bond donors (Lipinski definition) is 1. The van der Waals surface area contributed by atoms with Crippen LogP contribution in [0, 0.1) is 6.92 Å². The molecule has 1 unspecified atom stereocenters. The topological polar surface area (TPSA) is 28.2 Å². The molecule has 19 heavy (non-hydrogen) atoms. The molecule has 2 aromatic rings. The summed E-state index contributed by atoms with van der Waals surface area (Å²) >= 11 is 0. The summed E-state index contributed by atoms with van der Waals surface area (Å²) in [5.41, 5.74) is 3.45. The van der Waals surface area contributed by atoms with Crippen molar-refractivity contribution in [1.82, 2.24) is 15.2 Å². The van der Waals surface area contributed by atoms with E-state index in [1.54, 1.807) is 0 Å². The summed E-state index contributed by atoms with van der Waals surface area (Å²) in [6, 6.07) is 11.2. The number of nitrogens with one attached hydrogen (secondary N) is 1. The first-order chi connectivity index (χ1) is 9.04. The number of rotatable bonds is 5. The average Bonchev–Trinajstić information content (AvgIpc) is 2.35. The predicted molar refractivity (Wildman–Crippen MR) is 81.3 cm³/mol. The van der Waals surface area contributed by atoms with Gasteiger partial charge in [-0.25, -0.2) is 0 Å². The fourth-order valence-electron chi connectivity index (χ4n) is 2.29. The summed E-state index contributed by atoms with van der Waals surface area (Å²) in [5, 5.41) is 4.76. The molecule has 0 fully saturated rings. The molecule has 3 nitrogen and oxygen atoms in total. The third kappa shape index (κ3) is 4.01. The maximum atomic E-state index is 4.52. The Bertz CT molecular complexity index is 549. The van der Waals surface area contributed by atoms with Crippen LogP contribution < -0.4 is 5.32 Å². The Kier molecular flexibility index (Phi) is 4.51. The molecule has 1 aromatic heterocycles. The van der Waals surface area contributed by atoms with E-state index in [9.17, 15) is 0 Å². The van der Waals surface area contributed by atoms with Crippen LogP contribution in [0.4, 0.5) is 0 Å². The normalized spacial score (nSPS) is 13.1. The third-order valence-electron chi connectivity index (χ3n) is 3.19. The van der Waals surface area contributed by atoms with Gasteiger partial charge in [-0.2, -0.15) is 0 Å². The maximum Gasteiger partial charge on any atom is 0.0705 e. The number of aromatic nitrogens is 1. The summed E-state index contributed by atoms with van der Waals surface area (Å²) in [6.45, 7) is 6.19. The molecule has 102 valence electrons. The molecule has 0 aliphatic carbocycles. The summed E-state index contributed by atoms with van der Waals surface area (Å²) < 4.78 is 0. The van der Waals surface area contributed by atoms with Gasteiger partial charge in [0, 0.05) is 30.2 Å². The monoisotopic (exact) mass is 257 g/mol. The van der Waals surface area contributed by atoms with Crippen LogP contribution in [-0.4, -0.2) is 36.6 Å². The summed E-state index contributed by atoms with van der Waals surface area (Å²) in [5.74, 6) is 0. The maximum absolute atomic E-state index is 4.52. The van der Waals surface area contributed by atoms with E-state index < -0.39 is 0 Å². The number of likely N-dealkylation sites (N-methyl/N-ethyl adjacent to an activating group) is 1. The van der Waals surface area contributed by atoms with Crippen molar-refractivity contribution in [2.45, 2.75) is 26.4 Å². The smallest absolute Gasteiger partial charge is 0.0705 e. The molecule has 3 heteroatoms. The zero-order valence-corrected chi connectivity index (χ0v) is 12.3. The van der Waals surface area contributed by atoms with Crippen molar-refractivity contribution < 1.29 is 0 Å². The number of fused-ring (bicyclic) bond motifs is 1. The molecule has 2 rings (SSSR count). The lowest BCUT2D eigenvalue weighted by Gasteiger charge is -2.18. The van der Waals surface area contributed by atoms with Crippen LogP contribution in [0.2, 0.25) is 0 Å². The molecule has 1 N–H and O–H groups in total. The molecule has 1 heterocycles. The Labute approximate surface area is 115 Å². The van der Waals surface area contributed by atoms with E-state index >= 15 is 0 Å². The van der Waals surface area contributed by atoms with Crippen LogP contribution >= 0.6 is 0 Å². The predicted octanol–water partition coefficient (Wildman–Crippen LogP) is 2.58. The van der Waals surface area contributed by atoms with Gasteiger partial charge in [-0.1, -0.05) is 12.1 Å². The minimum atomic E-state index is 0.488. The van der Waals surface area contributed by atoms with E-state index in [1.807, 2.05) is 6.92 Å². The first-order valence-corrected chi connectivity index (χ1v) is 6.79. The molecular weight excluding hydrogens is 234 g/mol. The van der Waals surface area contributed by atoms with E-state index in [0.29, 0.717) is 6.04 Å². The number of nitrogens with zero attached hydrogens (tertiary/aromatic N) is 2. The lowest BCUT2D eigenvalue weighted by atomic mass is 10.1. The third-order valence-corrected chi connectivity index (χ3v) is 3.19. The Morgan fingerprint density at radius 1 is 1.21 bits per heavy atom. The lowest BCUT2D eigenvalue weighted by molar-refractivity contribution is 0.349. The van der Waals surface area contributed by atoms with Crippen molar-refractivity contribution in [3.63, 3.8) is 0 Å². The van der Waals surface area contributed by atoms with Crippen LogP contribution in [-0.2, 0) is 6.54 Å². The molecule has 1 aromatic carbocycles. The van der Waals surface area contributed by atoms with Gasteiger partial charge in [0.2, 0.25) is 0 Å². The summed E-state index contributed by atoms with van der Waals surface area (Å²) in [7, 11) is 4.20. The van der Waals surface area contributed by atoms with Crippen LogP contribution in [0.3, 0.4) is 0 Å². The van der Waals surface area contributed by atoms with Crippen LogP contribution in [0.15, 0.2) is 30.3 Å². The summed E-state index contributed by atoms with van der Waals surface area (Å²) in [4.78, 5) is 6.72. The van der Waals surface area contributed by atoms with Gasteiger partial charge < -0.3 is 10.2 Å². The fourth-order valence-corrected chi connectivity index (χ4v) is 2.29. The molecule has 0 amide bonds. The van der Waals surface area contributed by atoms with Gasteiger partial charge in [0.25, 0.3) is 0 Å². The average molecular weight is 257 g/mol. The van der Waals surface area contributed by atoms with Crippen LogP contribution in [0.25, 0.3) is 10.9 Å². The van der Waals surface area contributed by atoms with Gasteiger partial charge in [-0.05, 0) is 51.7 Å². The minimum absolute atomic E-state index is 0.488. The van der Waals surface area contributed by atoms with Gasteiger partial charge in [0.05, 0.1) is 5.52 Å². The van der Waals surface area contributed by atoms with E-state index in [2.05, 4.69) is 66.6 Å². The molecule has 0 aliphatic rings. The molecule has 0 bridgehead atoms. The second-order valence-electron chi connectivity index (χ2n) is 5.52. The Hall–Kier alpha value is -1.45. The Morgan fingerprint density at radius 2 is 2.00 bits per heavy atom. The van der Waals surface area contributed by atoms with E-state index in [1.165, 1.54) is 10.9 Å². The van der Waals surface area contributed by atoms with Gasteiger partial charge in [-0.3, -0.25) is 4.98 Å². The van der Waals surface area contributed by atoms with Crippen molar-refractivity contribution in [2.75, 3.05) is 20.6 Å². The zero-order valence-electron chi connectivity index (χ0n) is 12.3. The molecule has 0 spiro atoms. The van der Waals surface area contributed by atoms with Crippen LogP contribution in [0.1, 0.15) is 18.2 Å².